The molecular weight excluding hydrogens is 349 g/mol. The summed E-state index contributed by atoms with van der Waals surface area (Å²) in [6.45, 7) is 2.43. The van der Waals surface area contributed by atoms with Crippen LogP contribution in [0, 0.1) is 12.7 Å². The van der Waals surface area contributed by atoms with Crippen LogP contribution in [-0.4, -0.2) is 20.0 Å². The molecule has 1 N–H and O–H groups in total. The van der Waals surface area contributed by atoms with E-state index >= 15 is 0 Å². The molecule has 1 aromatic carbocycles. The van der Waals surface area contributed by atoms with Crippen molar-refractivity contribution in [1.82, 2.24) is 20.0 Å². The second-order valence-electron chi connectivity index (χ2n) is 4.79. The van der Waals surface area contributed by atoms with Gasteiger partial charge in [-0.3, -0.25) is 4.98 Å². The molecule has 0 saturated heterocycles. The van der Waals surface area contributed by atoms with Gasteiger partial charge in [0.05, 0.1) is 12.7 Å². The molecule has 0 radical (unpaired) electrons. The molecule has 0 amide bonds. The molecule has 0 atom stereocenters. The van der Waals surface area contributed by atoms with E-state index in [1.807, 2.05) is 19.1 Å². The molecule has 3 rings (SSSR count). The van der Waals surface area contributed by atoms with Crippen LogP contribution < -0.4 is 5.32 Å². The van der Waals surface area contributed by atoms with Gasteiger partial charge in [-0.1, -0.05) is 21.1 Å². The Balaban J connectivity index is 1.73. The summed E-state index contributed by atoms with van der Waals surface area (Å²) in [4.78, 5) is 4.14. The van der Waals surface area contributed by atoms with Gasteiger partial charge in [0.15, 0.2) is 0 Å². The molecule has 0 bridgehead atoms. The first-order valence-corrected chi connectivity index (χ1v) is 7.44. The van der Waals surface area contributed by atoms with E-state index in [-0.39, 0.29) is 5.82 Å². The Kier molecular flexibility index (Phi) is 4.15. The largest absolute Gasteiger partial charge is 0.379 e. The van der Waals surface area contributed by atoms with Crippen molar-refractivity contribution in [3.8, 4) is 5.69 Å². The van der Waals surface area contributed by atoms with E-state index in [9.17, 15) is 4.39 Å². The second-order valence-corrected chi connectivity index (χ2v) is 5.71. The van der Waals surface area contributed by atoms with Crippen LogP contribution in [0.1, 0.15) is 11.4 Å². The zero-order valence-corrected chi connectivity index (χ0v) is 13.4. The number of anilines is 1. The summed E-state index contributed by atoms with van der Waals surface area (Å²) >= 11 is 3.23. The van der Waals surface area contributed by atoms with Crippen molar-refractivity contribution < 1.29 is 4.39 Å². The van der Waals surface area contributed by atoms with E-state index in [0.29, 0.717) is 16.7 Å². The van der Waals surface area contributed by atoms with E-state index in [0.717, 1.165) is 17.1 Å². The van der Waals surface area contributed by atoms with Gasteiger partial charge in [0, 0.05) is 22.1 Å². The Bertz CT molecular complexity index is 802. The number of nitrogens with zero attached hydrogens (tertiary/aromatic N) is 4. The van der Waals surface area contributed by atoms with Crippen molar-refractivity contribution in [3.63, 3.8) is 0 Å². The fraction of sp³-hybridized carbons (Fsp3) is 0.133. The highest BCUT2D eigenvalue weighted by Gasteiger charge is 2.08. The van der Waals surface area contributed by atoms with Crippen LogP contribution in [0.15, 0.2) is 47.2 Å². The maximum Gasteiger partial charge on any atom is 0.150 e. The molecular formula is C15H13BrFN5. The topological polar surface area (TPSA) is 55.6 Å². The van der Waals surface area contributed by atoms with Gasteiger partial charge in [0.2, 0.25) is 0 Å². The molecule has 0 aliphatic rings. The lowest BCUT2D eigenvalue weighted by atomic mass is 10.3. The molecule has 0 saturated carbocycles. The normalized spacial score (nSPS) is 10.7. The molecule has 7 heteroatoms. The first-order valence-electron chi connectivity index (χ1n) is 6.65. The average molecular weight is 362 g/mol. The molecule has 0 aliphatic carbocycles. The van der Waals surface area contributed by atoms with Gasteiger partial charge in [-0.15, -0.1) is 5.10 Å². The summed E-state index contributed by atoms with van der Waals surface area (Å²) in [5, 5.41) is 11.2. The van der Waals surface area contributed by atoms with Crippen molar-refractivity contribution in [3.05, 3.63) is 64.4 Å². The number of pyridine rings is 1. The Labute approximate surface area is 135 Å². The summed E-state index contributed by atoms with van der Waals surface area (Å²) in [7, 11) is 0. The first kappa shape index (κ1) is 14.6. The lowest BCUT2D eigenvalue weighted by molar-refractivity contribution is 0.606. The molecule has 2 heterocycles. The zero-order chi connectivity index (χ0) is 15.5. The Hall–Kier alpha value is -2.28. The van der Waals surface area contributed by atoms with Crippen LogP contribution in [-0.2, 0) is 6.54 Å². The molecule has 22 heavy (non-hydrogen) atoms. The summed E-state index contributed by atoms with van der Waals surface area (Å²) in [5.74, 6) is -0.358. The summed E-state index contributed by atoms with van der Waals surface area (Å²) in [6.07, 6.45) is 3.44. The number of hydrogen-bond donors (Lipinski definition) is 1. The third-order valence-electron chi connectivity index (χ3n) is 3.07. The van der Waals surface area contributed by atoms with Gasteiger partial charge in [-0.25, -0.2) is 9.07 Å². The fourth-order valence-corrected chi connectivity index (χ4v) is 2.35. The quantitative estimate of drug-likeness (QED) is 0.772. The van der Waals surface area contributed by atoms with Gasteiger partial charge >= 0.3 is 0 Å². The van der Waals surface area contributed by atoms with Crippen LogP contribution in [0.25, 0.3) is 5.69 Å². The maximum atomic E-state index is 13.9. The third kappa shape index (κ3) is 3.30. The van der Waals surface area contributed by atoms with E-state index in [4.69, 9.17) is 0 Å². The van der Waals surface area contributed by atoms with Crippen LogP contribution >= 0.6 is 15.9 Å². The molecule has 5 nitrogen and oxygen atoms in total. The second kappa shape index (κ2) is 6.23. The van der Waals surface area contributed by atoms with Crippen molar-refractivity contribution in [2.24, 2.45) is 0 Å². The average Bonchev–Trinajstić information content (AvgIpc) is 2.94. The number of aromatic nitrogens is 4. The van der Waals surface area contributed by atoms with Crippen LogP contribution in [0.5, 0.6) is 0 Å². The number of rotatable bonds is 4. The van der Waals surface area contributed by atoms with E-state index in [2.05, 4.69) is 36.5 Å². The zero-order valence-electron chi connectivity index (χ0n) is 11.8. The fourth-order valence-electron chi connectivity index (χ4n) is 2.01. The Morgan fingerprint density at radius 3 is 2.91 bits per heavy atom. The summed E-state index contributed by atoms with van der Waals surface area (Å²) in [6, 6.07) is 8.63. The van der Waals surface area contributed by atoms with E-state index < -0.39 is 0 Å². The SMILES string of the molecule is Cc1cc(NCc2cn(-c3ccc(Br)cc3F)nn2)ccn1. The Morgan fingerprint density at radius 2 is 2.14 bits per heavy atom. The molecule has 0 fully saturated rings. The van der Waals surface area contributed by atoms with Crippen LogP contribution in [0.3, 0.4) is 0 Å². The monoisotopic (exact) mass is 361 g/mol. The molecule has 2 aromatic heterocycles. The lowest BCUT2D eigenvalue weighted by Crippen LogP contribution is -2.00. The third-order valence-corrected chi connectivity index (χ3v) is 3.56. The van der Waals surface area contributed by atoms with Crippen LogP contribution in [0.4, 0.5) is 10.1 Å². The first-order chi connectivity index (χ1) is 10.6. The van der Waals surface area contributed by atoms with Crippen molar-refractivity contribution in [2.45, 2.75) is 13.5 Å². The molecule has 3 aromatic rings. The van der Waals surface area contributed by atoms with Gasteiger partial charge < -0.3 is 5.32 Å². The molecule has 0 spiro atoms. The van der Waals surface area contributed by atoms with Crippen LogP contribution in [0.2, 0.25) is 0 Å². The smallest absolute Gasteiger partial charge is 0.150 e. The highest BCUT2D eigenvalue weighted by molar-refractivity contribution is 9.10. The van der Waals surface area contributed by atoms with Gasteiger partial charge in [-0.2, -0.15) is 0 Å². The highest BCUT2D eigenvalue weighted by atomic mass is 79.9. The van der Waals surface area contributed by atoms with Gasteiger partial charge in [0.1, 0.15) is 17.2 Å². The lowest BCUT2D eigenvalue weighted by Gasteiger charge is -2.04. The van der Waals surface area contributed by atoms with E-state index in [1.165, 1.54) is 10.7 Å². The molecule has 0 unspecified atom stereocenters. The summed E-state index contributed by atoms with van der Waals surface area (Å²) < 4.78 is 16.0. The number of nitrogens with one attached hydrogen (secondary N) is 1. The minimum absolute atomic E-state index is 0.358. The highest BCUT2D eigenvalue weighted by Crippen LogP contribution is 2.18. The van der Waals surface area contributed by atoms with Gasteiger partial charge in [0.25, 0.3) is 0 Å². The maximum absolute atomic E-state index is 13.9. The van der Waals surface area contributed by atoms with Gasteiger partial charge in [-0.05, 0) is 37.3 Å². The standard InChI is InChI=1S/C15H13BrFN5/c1-10-6-12(4-5-18-10)19-8-13-9-22(21-20-13)15-3-2-11(16)7-14(15)17/h2-7,9H,8H2,1H3,(H,18,19). The summed E-state index contributed by atoms with van der Waals surface area (Å²) in [5.41, 5.74) is 2.97. The number of hydrogen-bond acceptors (Lipinski definition) is 4. The van der Waals surface area contributed by atoms with E-state index in [1.54, 1.807) is 24.5 Å². The minimum Gasteiger partial charge on any atom is -0.379 e. The number of halogens is 2. The molecule has 112 valence electrons. The van der Waals surface area contributed by atoms with Crippen molar-refractivity contribution >= 4 is 21.6 Å². The van der Waals surface area contributed by atoms with Crippen molar-refractivity contribution in [1.29, 1.82) is 0 Å². The number of aryl methyl sites for hydroxylation is 1. The number of benzene rings is 1. The molecule has 0 aliphatic heterocycles. The van der Waals surface area contributed by atoms with Crippen molar-refractivity contribution in [2.75, 3.05) is 5.32 Å². The minimum atomic E-state index is -0.358. The Morgan fingerprint density at radius 1 is 1.27 bits per heavy atom. The predicted octanol–water partition coefficient (Wildman–Crippen LogP) is 3.48. The predicted molar refractivity (Wildman–Crippen MR) is 85.3 cm³/mol.